The fourth-order valence-corrected chi connectivity index (χ4v) is 3.09. The van der Waals surface area contributed by atoms with E-state index < -0.39 is 0 Å². The van der Waals surface area contributed by atoms with Crippen LogP contribution in [0.1, 0.15) is 50.7 Å². The predicted molar refractivity (Wildman–Crippen MR) is 105 cm³/mol. The third kappa shape index (κ3) is 5.19. The maximum atomic E-state index is 6.12. The van der Waals surface area contributed by atoms with Gasteiger partial charge in [0, 0.05) is 12.1 Å². The van der Waals surface area contributed by atoms with Crippen molar-refractivity contribution < 1.29 is 0 Å². The van der Waals surface area contributed by atoms with E-state index in [2.05, 4.69) is 62.4 Å². The van der Waals surface area contributed by atoms with Crippen LogP contribution in [0.5, 0.6) is 0 Å². The van der Waals surface area contributed by atoms with Gasteiger partial charge >= 0.3 is 0 Å². The molecule has 2 aromatic carbocycles. The minimum absolute atomic E-state index is 0.288. The van der Waals surface area contributed by atoms with Crippen LogP contribution >= 0.6 is 0 Å². The zero-order valence-electron chi connectivity index (χ0n) is 15.2. The molecule has 2 unspecified atom stereocenters. The largest absolute Gasteiger partial charge is 0.328 e. The summed E-state index contributed by atoms with van der Waals surface area (Å²) in [5.41, 5.74) is 17.7. The Morgan fingerprint density at radius 2 is 1.04 bits per heavy atom. The van der Waals surface area contributed by atoms with Crippen LogP contribution in [0.3, 0.4) is 0 Å². The van der Waals surface area contributed by atoms with Gasteiger partial charge in [0.25, 0.3) is 0 Å². The van der Waals surface area contributed by atoms with Crippen molar-refractivity contribution in [1.29, 1.82) is 0 Å². The quantitative estimate of drug-likeness (QED) is 0.703. The maximum absolute atomic E-state index is 6.12. The molecule has 0 amide bonds. The zero-order valence-corrected chi connectivity index (χ0v) is 15.2. The molecule has 4 N–H and O–H groups in total. The average molecular weight is 325 g/mol. The molecule has 0 bridgehead atoms. The minimum Gasteiger partial charge on any atom is -0.328 e. The van der Waals surface area contributed by atoms with E-state index in [1.54, 1.807) is 0 Å². The van der Waals surface area contributed by atoms with E-state index in [4.69, 9.17) is 11.5 Å². The van der Waals surface area contributed by atoms with Crippen molar-refractivity contribution in [3.63, 3.8) is 0 Å². The van der Waals surface area contributed by atoms with Crippen molar-refractivity contribution >= 4 is 0 Å². The molecular formula is C22H32N2. The Labute approximate surface area is 147 Å². The van der Waals surface area contributed by atoms with Crippen molar-refractivity contribution in [2.45, 2.75) is 64.5 Å². The molecule has 2 nitrogen and oxygen atoms in total. The molecule has 0 aliphatic carbocycles. The van der Waals surface area contributed by atoms with Crippen molar-refractivity contribution in [3.05, 3.63) is 59.7 Å². The van der Waals surface area contributed by atoms with Crippen LogP contribution in [-0.4, -0.2) is 12.1 Å². The highest BCUT2D eigenvalue weighted by Gasteiger charge is 2.11. The highest BCUT2D eigenvalue weighted by Crippen LogP contribution is 2.29. The lowest BCUT2D eigenvalue weighted by atomic mass is 9.90. The molecule has 130 valence electrons. The lowest BCUT2D eigenvalue weighted by molar-refractivity contribution is 0.595. The van der Waals surface area contributed by atoms with Crippen LogP contribution in [0.4, 0.5) is 0 Å². The SMILES string of the molecule is CCC(N)CCc1ccccc1-c1ccccc1CCC(N)CC. The number of aryl methyl sites for hydroxylation is 2. The summed E-state index contributed by atoms with van der Waals surface area (Å²) >= 11 is 0. The van der Waals surface area contributed by atoms with Gasteiger partial charge in [-0.15, -0.1) is 0 Å². The van der Waals surface area contributed by atoms with E-state index in [1.165, 1.54) is 22.3 Å². The number of rotatable bonds is 9. The van der Waals surface area contributed by atoms with E-state index in [0.29, 0.717) is 0 Å². The van der Waals surface area contributed by atoms with E-state index in [9.17, 15) is 0 Å². The Morgan fingerprint density at radius 1 is 0.667 bits per heavy atom. The molecule has 24 heavy (non-hydrogen) atoms. The summed E-state index contributed by atoms with van der Waals surface area (Å²) in [7, 11) is 0. The van der Waals surface area contributed by atoms with Crippen LogP contribution < -0.4 is 11.5 Å². The molecular weight excluding hydrogens is 292 g/mol. The molecule has 0 saturated heterocycles. The van der Waals surface area contributed by atoms with Gasteiger partial charge in [-0.3, -0.25) is 0 Å². The fraction of sp³-hybridized carbons (Fsp3) is 0.455. The Morgan fingerprint density at radius 3 is 1.42 bits per heavy atom. The van der Waals surface area contributed by atoms with E-state index in [1.807, 2.05) is 0 Å². The van der Waals surface area contributed by atoms with Gasteiger partial charge in [-0.25, -0.2) is 0 Å². The van der Waals surface area contributed by atoms with Crippen molar-refractivity contribution in [3.8, 4) is 11.1 Å². The Balaban J connectivity index is 2.25. The Hall–Kier alpha value is -1.64. The van der Waals surface area contributed by atoms with E-state index in [0.717, 1.165) is 38.5 Å². The maximum Gasteiger partial charge on any atom is 0.00393 e. The molecule has 0 saturated carbocycles. The van der Waals surface area contributed by atoms with Crippen LogP contribution in [0.25, 0.3) is 11.1 Å². The highest BCUT2D eigenvalue weighted by molar-refractivity contribution is 5.70. The van der Waals surface area contributed by atoms with E-state index >= 15 is 0 Å². The fourth-order valence-electron chi connectivity index (χ4n) is 3.09. The highest BCUT2D eigenvalue weighted by atomic mass is 14.6. The van der Waals surface area contributed by atoms with Crippen LogP contribution in [-0.2, 0) is 12.8 Å². The number of nitrogens with two attached hydrogens (primary N) is 2. The Bertz CT molecular complexity index is 565. The van der Waals surface area contributed by atoms with Gasteiger partial charge in [-0.05, 0) is 60.8 Å². The molecule has 0 heterocycles. The molecule has 0 radical (unpaired) electrons. The van der Waals surface area contributed by atoms with Crippen molar-refractivity contribution in [2.75, 3.05) is 0 Å². The summed E-state index contributed by atoms with van der Waals surface area (Å²) < 4.78 is 0. The molecule has 2 heteroatoms. The third-order valence-electron chi connectivity index (χ3n) is 4.94. The molecule has 0 aliphatic heterocycles. The topological polar surface area (TPSA) is 52.0 Å². The second-order valence-corrected chi connectivity index (χ2v) is 6.73. The van der Waals surface area contributed by atoms with Gasteiger partial charge < -0.3 is 11.5 Å². The second kappa shape index (κ2) is 9.61. The first-order chi connectivity index (χ1) is 11.7. The second-order valence-electron chi connectivity index (χ2n) is 6.73. The lowest BCUT2D eigenvalue weighted by Crippen LogP contribution is -2.19. The predicted octanol–water partition coefficient (Wildman–Crippen LogP) is 4.69. The van der Waals surface area contributed by atoms with Gasteiger partial charge in [0.2, 0.25) is 0 Å². The number of benzene rings is 2. The first-order valence-electron chi connectivity index (χ1n) is 9.33. The normalized spacial score (nSPS) is 13.7. The molecule has 2 atom stereocenters. The smallest absolute Gasteiger partial charge is 0.00393 e. The summed E-state index contributed by atoms with van der Waals surface area (Å²) in [5.74, 6) is 0. The summed E-state index contributed by atoms with van der Waals surface area (Å²) in [6.07, 6.45) is 6.22. The first-order valence-corrected chi connectivity index (χ1v) is 9.33. The van der Waals surface area contributed by atoms with Crippen molar-refractivity contribution in [2.24, 2.45) is 11.5 Å². The average Bonchev–Trinajstić information content (AvgIpc) is 2.64. The zero-order chi connectivity index (χ0) is 17.4. The number of hydrogen-bond acceptors (Lipinski definition) is 2. The van der Waals surface area contributed by atoms with Gasteiger partial charge in [0.1, 0.15) is 0 Å². The van der Waals surface area contributed by atoms with Gasteiger partial charge in [0.15, 0.2) is 0 Å². The van der Waals surface area contributed by atoms with Crippen LogP contribution in [0.15, 0.2) is 48.5 Å². The lowest BCUT2D eigenvalue weighted by Gasteiger charge is -2.16. The number of hydrogen-bond donors (Lipinski definition) is 2. The monoisotopic (exact) mass is 324 g/mol. The molecule has 2 rings (SSSR count). The molecule has 0 spiro atoms. The first kappa shape index (κ1) is 18.7. The van der Waals surface area contributed by atoms with Crippen molar-refractivity contribution in [1.82, 2.24) is 0 Å². The van der Waals surface area contributed by atoms with Crippen LogP contribution in [0.2, 0.25) is 0 Å². The molecule has 0 fully saturated rings. The van der Waals surface area contributed by atoms with Gasteiger partial charge in [0.05, 0.1) is 0 Å². The molecule has 0 aliphatic rings. The summed E-state index contributed by atoms with van der Waals surface area (Å²) in [6, 6.07) is 18.1. The minimum atomic E-state index is 0.288. The summed E-state index contributed by atoms with van der Waals surface area (Å²) in [6.45, 7) is 4.31. The van der Waals surface area contributed by atoms with Gasteiger partial charge in [-0.1, -0.05) is 62.4 Å². The molecule has 0 aromatic heterocycles. The standard InChI is InChI=1S/C22H32N2/c1-3-19(23)15-13-17-9-5-7-11-21(17)22-12-8-6-10-18(22)14-16-20(24)4-2/h5-12,19-20H,3-4,13-16,23-24H2,1-2H3. The van der Waals surface area contributed by atoms with Crippen LogP contribution in [0, 0.1) is 0 Å². The Kier molecular flexibility index (Phi) is 7.48. The molecule has 2 aromatic rings. The van der Waals surface area contributed by atoms with Gasteiger partial charge in [-0.2, -0.15) is 0 Å². The summed E-state index contributed by atoms with van der Waals surface area (Å²) in [4.78, 5) is 0. The third-order valence-corrected chi connectivity index (χ3v) is 4.94. The summed E-state index contributed by atoms with van der Waals surface area (Å²) in [5, 5.41) is 0. The van der Waals surface area contributed by atoms with E-state index in [-0.39, 0.29) is 12.1 Å².